The number of imidazole rings is 1. The number of carboxylic acid groups (broad SMARTS) is 1. The van der Waals surface area contributed by atoms with E-state index in [9.17, 15) is 18.3 Å². The first-order valence-corrected chi connectivity index (χ1v) is 8.83. The maximum absolute atomic E-state index is 11.4. The highest BCUT2D eigenvalue weighted by Crippen LogP contribution is 2.41. The van der Waals surface area contributed by atoms with Crippen molar-refractivity contribution in [1.29, 1.82) is 0 Å². The molecule has 0 saturated heterocycles. The van der Waals surface area contributed by atoms with Crippen molar-refractivity contribution >= 4 is 26.8 Å². The van der Waals surface area contributed by atoms with Crippen LogP contribution in [0.2, 0.25) is 0 Å². The number of fused-ring (bicyclic) bond motifs is 1. The SMILES string of the molecule is CS(=O)(=O)CCn1c(C2CC2)nc2cccc(C(=O)O)c21. The van der Waals surface area contributed by atoms with Crippen LogP contribution in [-0.4, -0.2) is 41.1 Å². The van der Waals surface area contributed by atoms with E-state index in [0.717, 1.165) is 18.7 Å². The van der Waals surface area contributed by atoms with Gasteiger partial charge in [0.05, 0.1) is 22.3 Å². The number of hydrogen-bond acceptors (Lipinski definition) is 4. The van der Waals surface area contributed by atoms with Crippen LogP contribution < -0.4 is 0 Å². The van der Waals surface area contributed by atoms with Crippen LogP contribution in [-0.2, 0) is 16.4 Å². The lowest BCUT2D eigenvalue weighted by atomic mass is 10.2. The Morgan fingerprint density at radius 3 is 2.71 bits per heavy atom. The number of carbonyl (C=O) groups is 1. The van der Waals surface area contributed by atoms with Gasteiger partial charge in [0, 0.05) is 18.7 Å². The first kappa shape index (κ1) is 14.1. The summed E-state index contributed by atoms with van der Waals surface area (Å²) in [5.74, 6) is 0.0796. The molecule has 3 rings (SSSR count). The molecule has 21 heavy (non-hydrogen) atoms. The number of carboxylic acids is 1. The Kier molecular flexibility index (Phi) is 3.24. The molecule has 1 heterocycles. The van der Waals surface area contributed by atoms with Gasteiger partial charge >= 0.3 is 5.97 Å². The highest BCUT2D eigenvalue weighted by Gasteiger charge is 2.30. The van der Waals surface area contributed by atoms with Crippen LogP contribution in [0.15, 0.2) is 18.2 Å². The number of sulfone groups is 1. The summed E-state index contributed by atoms with van der Waals surface area (Å²) in [6.45, 7) is 0.242. The molecule has 1 aliphatic carbocycles. The maximum atomic E-state index is 11.4. The fraction of sp³-hybridized carbons (Fsp3) is 0.429. The lowest BCUT2D eigenvalue weighted by Gasteiger charge is -2.09. The van der Waals surface area contributed by atoms with Gasteiger partial charge in [0.15, 0.2) is 0 Å². The molecular formula is C14H16N2O4S. The average Bonchev–Trinajstić information content (AvgIpc) is 3.16. The molecule has 1 aliphatic rings. The van der Waals surface area contributed by atoms with E-state index in [4.69, 9.17) is 0 Å². The molecule has 0 spiro atoms. The second-order valence-electron chi connectivity index (χ2n) is 5.50. The number of aromatic nitrogens is 2. The van der Waals surface area contributed by atoms with E-state index in [2.05, 4.69) is 4.98 Å². The predicted molar refractivity (Wildman–Crippen MR) is 78.4 cm³/mol. The van der Waals surface area contributed by atoms with E-state index in [0.29, 0.717) is 17.0 Å². The summed E-state index contributed by atoms with van der Waals surface area (Å²) < 4.78 is 24.6. The molecule has 6 nitrogen and oxygen atoms in total. The number of aromatic carboxylic acids is 1. The van der Waals surface area contributed by atoms with Crippen molar-refractivity contribution in [3.05, 3.63) is 29.6 Å². The van der Waals surface area contributed by atoms with Gasteiger partial charge in [0.1, 0.15) is 15.7 Å². The lowest BCUT2D eigenvalue weighted by Crippen LogP contribution is -2.14. The second-order valence-corrected chi connectivity index (χ2v) is 7.76. The molecule has 1 saturated carbocycles. The number of para-hydroxylation sites is 1. The highest BCUT2D eigenvalue weighted by molar-refractivity contribution is 7.90. The Morgan fingerprint density at radius 1 is 1.43 bits per heavy atom. The maximum Gasteiger partial charge on any atom is 0.337 e. The fourth-order valence-corrected chi connectivity index (χ4v) is 3.03. The molecule has 0 bridgehead atoms. The third-order valence-corrected chi connectivity index (χ3v) is 4.58. The molecule has 1 aromatic heterocycles. The lowest BCUT2D eigenvalue weighted by molar-refractivity contribution is 0.0698. The van der Waals surface area contributed by atoms with Gasteiger partial charge in [-0.05, 0) is 25.0 Å². The second kappa shape index (κ2) is 4.84. The van der Waals surface area contributed by atoms with Crippen LogP contribution in [0.25, 0.3) is 11.0 Å². The van der Waals surface area contributed by atoms with Gasteiger partial charge in [-0.3, -0.25) is 0 Å². The minimum atomic E-state index is -3.12. The molecule has 0 unspecified atom stereocenters. The first-order valence-electron chi connectivity index (χ1n) is 6.77. The van der Waals surface area contributed by atoms with Crippen LogP contribution in [0.3, 0.4) is 0 Å². The smallest absolute Gasteiger partial charge is 0.337 e. The first-order chi connectivity index (χ1) is 9.87. The Bertz CT molecular complexity index is 819. The Morgan fingerprint density at radius 2 is 2.14 bits per heavy atom. The summed E-state index contributed by atoms with van der Waals surface area (Å²) in [6, 6.07) is 4.96. The molecule has 1 aromatic carbocycles. The number of benzene rings is 1. The molecular weight excluding hydrogens is 292 g/mol. The molecule has 0 atom stereocenters. The van der Waals surface area contributed by atoms with Gasteiger partial charge < -0.3 is 9.67 Å². The number of rotatable bonds is 5. The Balaban J connectivity index is 2.17. The van der Waals surface area contributed by atoms with Crippen LogP contribution in [0.5, 0.6) is 0 Å². The minimum absolute atomic E-state index is 0.0217. The van der Waals surface area contributed by atoms with Crippen molar-refractivity contribution < 1.29 is 18.3 Å². The quantitative estimate of drug-likeness (QED) is 0.907. The van der Waals surface area contributed by atoms with Gasteiger partial charge in [-0.1, -0.05) is 6.07 Å². The third kappa shape index (κ3) is 2.78. The molecule has 1 N–H and O–H groups in total. The summed E-state index contributed by atoms with van der Waals surface area (Å²) in [5.41, 5.74) is 1.31. The van der Waals surface area contributed by atoms with Crippen LogP contribution in [0.1, 0.15) is 34.9 Å². The van der Waals surface area contributed by atoms with Gasteiger partial charge in [-0.25, -0.2) is 18.2 Å². The summed E-state index contributed by atoms with van der Waals surface area (Å²) in [7, 11) is -3.12. The normalized spacial score (nSPS) is 15.5. The van der Waals surface area contributed by atoms with Crippen molar-refractivity contribution in [2.45, 2.75) is 25.3 Å². The van der Waals surface area contributed by atoms with Gasteiger partial charge in [0.25, 0.3) is 0 Å². The molecule has 0 amide bonds. The van der Waals surface area contributed by atoms with Gasteiger partial charge in [-0.2, -0.15) is 0 Å². The summed E-state index contributed by atoms with van der Waals surface area (Å²) in [4.78, 5) is 15.9. The zero-order valence-corrected chi connectivity index (χ0v) is 12.4. The van der Waals surface area contributed by atoms with E-state index < -0.39 is 15.8 Å². The molecule has 7 heteroatoms. The molecule has 0 aliphatic heterocycles. The highest BCUT2D eigenvalue weighted by atomic mass is 32.2. The zero-order valence-electron chi connectivity index (χ0n) is 11.6. The molecule has 1 fully saturated rings. The van der Waals surface area contributed by atoms with Crippen molar-refractivity contribution in [3.8, 4) is 0 Å². The Labute approximate surface area is 122 Å². The zero-order chi connectivity index (χ0) is 15.2. The molecule has 0 radical (unpaired) electrons. The van der Waals surface area contributed by atoms with Crippen LogP contribution in [0, 0.1) is 0 Å². The van der Waals surface area contributed by atoms with Crippen LogP contribution in [0.4, 0.5) is 0 Å². The predicted octanol–water partition coefficient (Wildman–Crippen LogP) is 1.66. The van der Waals surface area contributed by atoms with E-state index in [1.165, 1.54) is 12.3 Å². The Hall–Kier alpha value is -1.89. The summed E-state index contributed by atoms with van der Waals surface area (Å²) in [6.07, 6.45) is 3.22. The van der Waals surface area contributed by atoms with Crippen molar-refractivity contribution in [2.24, 2.45) is 0 Å². The van der Waals surface area contributed by atoms with E-state index in [1.54, 1.807) is 16.7 Å². The topological polar surface area (TPSA) is 89.3 Å². The van der Waals surface area contributed by atoms with E-state index in [1.807, 2.05) is 0 Å². The fourth-order valence-electron chi connectivity index (χ4n) is 2.51. The monoisotopic (exact) mass is 308 g/mol. The van der Waals surface area contributed by atoms with Crippen LogP contribution >= 0.6 is 0 Å². The number of aryl methyl sites for hydroxylation is 1. The molecule has 112 valence electrons. The van der Waals surface area contributed by atoms with Crippen molar-refractivity contribution in [2.75, 3.05) is 12.0 Å². The third-order valence-electron chi connectivity index (χ3n) is 3.65. The van der Waals surface area contributed by atoms with Crippen molar-refractivity contribution in [1.82, 2.24) is 9.55 Å². The number of hydrogen-bond donors (Lipinski definition) is 1. The van der Waals surface area contributed by atoms with Crippen molar-refractivity contribution in [3.63, 3.8) is 0 Å². The van der Waals surface area contributed by atoms with E-state index >= 15 is 0 Å². The van der Waals surface area contributed by atoms with Gasteiger partial charge in [0.2, 0.25) is 0 Å². The largest absolute Gasteiger partial charge is 0.478 e. The average molecular weight is 308 g/mol. The summed E-state index contributed by atoms with van der Waals surface area (Å²) >= 11 is 0. The summed E-state index contributed by atoms with van der Waals surface area (Å²) in [5, 5.41) is 9.34. The minimum Gasteiger partial charge on any atom is -0.478 e. The standard InChI is InChI=1S/C14H16N2O4S/c1-21(19,20)8-7-16-12-10(14(17)18)3-2-4-11(12)15-13(16)9-5-6-9/h2-4,9H,5-8H2,1H3,(H,17,18). The van der Waals surface area contributed by atoms with E-state index in [-0.39, 0.29) is 17.9 Å². The van der Waals surface area contributed by atoms with Gasteiger partial charge in [-0.15, -0.1) is 0 Å². The number of nitrogens with zero attached hydrogens (tertiary/aromatic N) is 2. The molecule has 2 aromatic rings.